The molecule has 1 amide bonds. The molecule has 0 bridgehead atoms. The van der Waals surface area contributed by atoms with Gasteiger partial charge < -0.3 is 25.1 Å². The summed E-state index contributed by atoms with van der Waals surface area (Å²) in [4.78, 5) is 12.0. The van der Waals surface area contributed by atoms with E-state index in [1.807, 2.05) is 30.3 Å². The van der Waals surface area contributed by atoms with Gasteiger partial charge in [-0.2, -0.15) is 0 Å². The number of ether oxygens (including phenoxy) is 3. The number of rotatable bonds is 4. The van der Waals surface area contributed by atoms with Crippen LogP contribution in [-0.4, -0.2) is 57.0 Å². The van der Waals surface area contributed by atoms with Crippen molar-refractivity contribution in [2.24, 2.45) is 5.73 Å². The summed E-state index contributed by atoms with van der Waals surface area (Å²) in [6.07, 6.45) is -3.24. The predicted octanol–water partition coefficient (Wildman–Crippen LogP) is 2.01. The SMILES string of the molecule is NC(=O)[C@@H]1O[C@@H]2CO[C@H](c3ccccc3)O[C@@H]2[C@H](n2cc(-c3ccc(Cl)c(F)c3)nn2)[C@H]1O. The third-order valence-corrected chi connectivity index (χ3v) is 6.07. The lowest BCUT2D eigenvalue weighted by molar-refractivity contribution is -0.312. The van der Waals surface area contributed by atoms with Gasteiger partial charge in [0.25, 0.3) is 0 Å². The fraction of sp³-hybridized carbons (Fsp3) is 0.318. The van der Waals surface area contributed by atoms with Crippen molar-refractivity contribution < 1.29 is 28.5 Å². The Labute approximate surface area is 192 Å². The van der Waals surface area contributed by atoms with E-state index in [0.29, 0.717) is 11.3 Å². The van der Waals surface area contributed by atoms with Gasteiger partial charge in [0, 0.05) is 11.1 Å². The van der Waals surface area contributed by atoms with E-state index in [1.54, 1.807) is 6.07 Å². The van der Waals surface area contributed by atoms with Gasteiger partial charge in [-0.3, -0.25) is 4.79 Å². The Morgan fingerprint density at radius 3 is 2.73 bits per heavy atom. The minimum absolute atomic E-state index is 0.0132. The van der Waals surface area contributed by atoms with Crippen LogP contribution in [0.25, 0.3) is 11.3 Å². The topological polar surface area (TPSA) is 122 Å². The highest BCUT2D eigenvalue weighted by Gasteiger charge is 2.52. The van der Waals surface area contributed by atoms with E-state index in [1.165, 1.54) is 23.0 Å². The molecule has 6 atom stereocenters. The second-order valence-electron chi connectivity index (χ2n) is 7.87. The number of hydrogen-bond donors (Lipinski definition) is 2. The van der Waals surface area contributed by atoms with Crippen molar-refractivity contribution in [1.29, 1.82) is 0 Å². The summed E-state index contributed by atoms with van der Waals surface area (Å²) in [5, 5.41) is 19.2. The minimum Gasteiger partial charge on any atom is -0.387 e. The smallest absolute Gasteiger partial charge is 0.249 e. The van der Waals surface area contributed by atoms with E-state index in [4.69, 9.17) is 31.5 Å². The van der Waals surface area contributed by atoms with Gasteiger partial charge >= 0.3 is 0 Å². The number of hydrogen-bond acceptors (Lipinski definition) is 7. The molecule has 0 radical (unpaired) electrons. The molecule has 3 N–H and O–H groups in total. The first kappa shape index (κ1) is 21.9. The molecule has 2 aliphatic rings. The van der Waals surface area contributed by atoms with Crippen LogP contribution in [0.5, 0.6) is 0 Å². The predicted molar refractivity (Wildman–Crippen MR) is 113 cm³/mol. The number of aliphatic hydroxyl groups excluding tert-OH is 1. The molecule has 33 heavy (non-hydrogen) atoms. The van der Waals surface area contributed by atoms with Crippen LogP contribution in [0.1, 0.15) is 17.9 Å². The number of nitrogens with zero attached hydrogens (tertiary/aromatic N) is 3. The van der Waals surface area contributed by atoms with Crippen LogP contribution in [0.15, 0.2) is 54.7 Å². The normalized spacial score (nSPS) is 29.4. The van der Waals surface area contributed by atoms with Crippen molar-refractivity contribution >= 4 is 17.5 Å². The molecule has 0 unspecified atom stereocenters. The lowest BCUT2D eigenvalue weighted by atomic mass is 9.91. The van der Waals surface area contributed by atoms with Crippen molar-refractivity contribution in [2.75, 3.05) is 6.61 Å². The fourth-order valence-electron chi connectivity index (χ4n) is 4.14. The minimum atomic E-state index is -1.37. The molecule has 11 heteroatoms. The first-order valence-corrected chi connectivity index (χ1v) is 10.6. The number of carbonyl (C=O) groups is 1. The molecule has 0 spiro atoms. The average molecular weight is 475 g/mol. The Morgan fingerprint density at radius 2 is 2.00 bits per heavy atom. The summed E-state index contributed by atoms with van der Waals surface area (Å²) < 4.78 is 33.0. The Bertz CT molecular complexity index is 1160. The molecular formula is C22H20ClFN4O5. The van der Waals surface area contributed by atoms with Crippen LogP contribution in [0, 0.1) is 5.82 Å². The molecule has 5 rings (SSSR count). The standard InChI is InChI=1S/C22H20ClFN4O5/c23-13-7-6-12(8-14(13)24)15-9-28(27-26-15)17-18(29)20(21(25)30)32-16-10-31-22(33-19(16)17)11-4-2-1-3-5-11/h1-9,16-20,22,29H,10H2,(H2,25,30)/t16-,17-,18-,19+,20-,22+/m1/s1. The number of fused-ring (bicyclic) bond motifs is 1. The van der Waals surface area contributed by atoms with E-state index in [9.17, 15) is 14.3 Å². The molecule has 1 aromatic heterocycles. The van der Waals surface area contributed by atoms with Crippen molar-refractivity contribution in [3.8, 4) is 11.3 Å². The number of amides is 1. The monoisotopic (exact) mass is 474 g/mol. The van der Waals surface area contributed by atoms with Gasteiger partial charge in [0.15, 0.2) is 12.4 Å². The second kappa shape index (κ2) is 8.81. The van der Waals surface area contributed by atoms with E-state index >= 15 is 0 Å². The summed E-state index contributed by atoms with van der Waals surface area (Å²) in [7, 11) is 0. The first-order chi connectivity index (χ1) is 15.9. The van der Waals surface area contributed by atoms with Gasteiger partial charge in [-0.15, -0.1) is 5.10 Å². The lowest BCUT2D eigenvalue weighted by Crippen LogP contribution is -2.62. The summed E-state index contributed by atoms with van der Waals surface area (Å²) >= 11 is 5.77. The third-order valence-electron chi connectivity index (χ3n) is 5.76. The van der Waals surface area contributed by atoms with E-state index in [0.717, 1.165) is 5.56 Å². The molecule has 2 saturated heterocycles. The van der Waals surface area contributed by atoms with Crippen molar-refractivity contribution in [3.05, 3.63) is 71.1 Å². The Morgan fingerprint density at radius 1 is 1.21 bits per heavy atom. The second-order valence-corrected chi connectivity index (χ2v) is 8.28. The van der Waals surface area contributed by atoms with Gasteiger partial charge in [-0.25, -0.2) is 9.07 Å². The van der Waals surface area contributed by atoms with Gasteiger partial charge in [0.2, 0.25) is 5.91 Å². The van der Waals surface area contributed by atoms with Gasteiger partial charge in [0.1, 0.15) is 35.9 Å². The quantitative estimate of drug-likeness (QED) is 0.593. The molecule has 3 heterocycles. The molecule has 0 aliphatic carbocycles. The Kier molecular flexibility index (Phi) is 5.85. The van der Waals surface area contributed by atoms with E-state index in [2.05, 4.69) is 10.3 Å². The number of primary amides is 1. The zero-order valence-electron chi connectivity index (χ0n) is 17.1. The maximum Gasteiger partial charge on any atom is 0.249 e. The highest BCUT2D eigenvalue weighted by molar-refractivity contribution is 6.30. The van der Waals surface area contributed by atoms with Crippen LogP contribution in [0.3, 0.4) is 0 Å². The zero-order chi connectivity index (χ0) is 23.1. The van der Waals surface area contributed by atoms with Crippen LogP contribution in [0.2, 0.25) is 5.02 Å². The van der Waals surface area contributed by atoms with Gasteiger partial charge in [0.05, 0.1) is 17.8 Å². The number of aromatic nitrogens is 3. The van der Waals surface area contributed by atoms with Crippen molar-refractivity contribution in [3.63, 3.8) is 0 Å². The summed E-state index contributed by atoms with van der Waals surface area (Å²) in [5.41, 5.74) is 7.05. The molecule has 9 nitrogen and oxygen atoms in total. The fourth-order valence-corrected chi connectivity index (χ4v) is 4.26. The molecule has 0 saturated carbocycles. The van der Waals surface area contributed by atoms with Crippen molar-refractivity contribution in [2.45, 2.75) is 36.7 Å². The molecular weight excluding hydrogens is 455 g/mol. The number of halogens is 2. The van der Waals surface area contributed by atoms with Crippen LogP contribution in [0.4, 0.5) is 4.39 Å². The molecule has 172 valence electrons. The summed E-state index contributed by atoms with van der Waals surface area (Å²) in [6, 6.07) is 12.7. The molecule has 3 aromatic rings. The summed E-state index contributed by atoms with van der Waals surface area (Å²) in [5.74, 6) is -1.42. The zero-order valence-corrected chi connectivity index (χ0v) is 17.9. The first-order valence-electron chi connectivity index (χ1n) is 10.2. The number of benzene rings is 2. The number of carbonyl (C=O) groups excluding carboxylic acids is 1. The van der Waals surface area contributed by atoms with Crippen molar-refractivity contribution in [1.82, 2.24) is 15.0 Å². The summed E-state index contributed by atoms with van der Waals surface area (Å²) in [6.45, 7) is 0.112. The number of nitrogens with two attached hydrogens (primary N) is 1. The van der Waals surface area contributed by atoms with Crippen LogP contribution in [-0.2, 0) is 19.0 Å². The highest BCUT2D eigenvalue weighted by atomic mass is 35.5. The highest BCUT2D eigenvalue weighted by Crippen LogP contribution is 2.39. The largest absolute Gasteiger partial charge is 0.387 e. The maximum atomic E-state index is 13.9. The van der Waals surface area contributed by atoms with Gasteiger partial charge in [-0.1, -0.05) is 53.2 Å². The maximum absolute atomic E-state index is 13.9. The Hall–Kier alpha value is -2.89. The molecule has 2 fully saturated rings. The van der Waals surface area contributed by atoms with Gasteiger partial charge in [-0.05, 0) is 12.1 Å². The van der Waals surface area contributed by atoms with Crippen LogP contribution >= 0.6 is 11.6 Å². The van der Waals surface area contributed by atoms with E-state index in [-0.39, 0.29) is 11.6 Å². The Balaban J connectivity index is 1.49. The lowest BCUT2D eigenvalue weighted by Gasteiger charge is -2.47. The third kappa shape index (κ3) is 4.11. The molecule has 2 aromatic carbocycles. The van der Waals surface area contributed by atoms with E-state index < -0.39 is 48.5 Å². The average Bonchev–Trinajstić information content (AvgIpc) is 3.30. The number of aliphatic hydroxyl groups is 1. The molecule has 2 aliphatic heterocycles. The van der Waals surface area contributed by atoms with Crippen LogP contribution < -0.4 is 5.73 Å².